The van der Waals surface area contributed by atoms with Crippen LogP contribution in [0, 0.1) is 0 Å². The van der Waals surface area contributed by atoms with Gasteiger partial charge >= 0.3 is 11.9 Å². The molecular formula is C42H33BrO10. The molecule has 0 aromatic heterocycles. The van der Waals surface area contributed by atoms with E-state index in [1.807, 2.05) is 12.1 Å². The Balaban J connectivity index is 0.000000197. The van der Waals surface area contributed by atoms with Crippen molar-refractivity contribution in [3.63, 3.8) is 0 Å². The molecule has 6 aromatic carbocycles. The number of halogens is 1. The molecule has 0 aliphatic carbocycles. The highest BCUT2D eigenvalue weighted by Gasteiger charge is 2.15. The van der Waals surface area contributed by atoms with Gasteiger partial charge in [-0.15, -0.1) is 0 Å². The fourth-order valence-electron chi connectivity index (χ4n) is 4.64. The number of hydrogen-bond donors (Lipinski definition) is 5. The molecule has 0 unspecified atom stereocenters. The number of carbonyl (C=O) groups excluding carboxylic acids is 2. The van der Waals surface area contributed by atoms with E-state index in [0.717, 1.165) is 22.5 Å². The Morgan fingerprint density at radius 3 is 1.34 bits per heavy atom. The second-order valence-corrected chi connectivity index (χ2v) is 11.8. The zero-order valence-corrected chi connectivity index (χ0v) is 29.5. The summed E-state index contributed by atoms with van der Waals surface area (Å²) in [4.78, 5) is 45.6. The average molecular weight is 778 g/mol. The van der Waals surface area contributed by atoms with Crippen LogP contribution in [-0.2, 0) is 11.9 Å². The van der Waals surface area contributed by atoms with Gasteiger partial charge < -0.3 is 30.3 Å². The number of aromatic hydroxyl groups is 3. The molecule has 0 aliphatic heterocycles. The Morgan fingerprint density at radius 1 is 0.491 bits per heavy atom. The third kappa shape index (κ3) is 11.4. The van der Waals surface area contributed by atoms with E-state index in [1.165, 1.54) is 36.4 Å². The summed E-state index contributed by atoms with van der Waals surface area (Å²) in [5, 5.41) is 47.0. The van der Waals surface area contributed by atoms with E-state index in [4.69, 9.17) is 20.1 Å². The van der Waals surface area contributed by atoms with Gasteiger partial charge in [0.25, 0.3) is 0 Å². The van der Waals surface area contributed by atoms with Crippen LogP contribution in [0.3, 0.4) is 0 Å². The van der Waals surface area contributed by atoms with Crippen LogP contribution in [0.15, 0.2) is 146 Å². The van der Waals surface area contributed by atoms with Gasteiger partial charge in [0.1, 0.15) is 29.6 Å². The molecule has 0 atom stereocenters. The molecule has 6 aromatic rings. The van der Waals surface area contributed by atoms with Crippen molar-refractivity contribution in [1.29, 1.82) is 0 Å². The van der Waals surface area contributed by atoms with Crippen LogP contribution in [0.2, 0.25) is 0 Å². The van der Waals surface area contributed by atoms with E-state index in [-0.39, 0.29) is 52.1 Å². The maximum absolute atomic E-state index is 12.4. The second kappa shape index (κ2) is 19.0. The standard InChI is InChI=1S/C21H16O5.C13H10O3.C8H7BrO2/c22-19-12-17(26-13-14-6-8-16(9-7-14)21(24)25)10-11-18(19)20(23)15-4-2-1-3-5-15;14-10-6-7-11(12(15)8-10)13(16)9-4-2-1-3-5-9;9-5-6-1-3-7(4-2-6)8(10)11/h1-12,22H,13H2,(H,24,25);1-8,14-15H;1-4H,5H2,(H,10,11). The van der Waals surface area contributed by atoms with Crippen LogP contribution in [-0.4, -0.2) is 49.0 Å². The average Bonchev–Trinajstić information content (AvgIpc) is 3.18. The van der Waals surface area contributed by atoms with E-state index in [1.54, 1.807) is 91.0 Å². The van der Waals surface area contributed by atoms with Crippen LogP contribution in [0.25, 0.3) is 0 Å². The lowest BCUT2D eigenvalue weighted by atomic mass is 10.0. The van der Waals surface area contributed by atoms with E-state index < -0.39 is 11.9 Å². The van der Waals surface area contributed by atoms with E-state index in [0.29, 0.717) is 22.4 Å². The molecule has 0 bridgehead atoms. The predicted molar refractivity (Wildman–Crippen MR) is 201 cm³/mol. The van der Waals surface area contributed by atoms with Crippen molar-refractivity contribution in [3.05, 3.63) is 190 Å². The zero-order chi connectivity index (χ0) is 38.3. The van der Waals surface area contributed by atoms with Crippen molar-refractivity contribution in [3.8, 4) is 23.0 Å². The lowest BCUT2D eigenvalue weighted by molar-refractivity contribution is 0.0686. The minimum Gasteiger partial charge on any atom is -0.508 e. The predicted octanol–water partition coefficient (Wildman–Crippen LogP) is 8.51. The van der Waals surface area contributed by atoms with Gasteiger partial charge in [-0.3, -0.25) is 9.59 Å². The number of ketones is 2. The summed E-state index contributed by atoms with van der Waals surface area (Å²) in [5.74, 6) is -2.42. The molecule has 0 fully saturated rings. The number of benzene rings is 6. The van der Waals surface area contributed by atoms with Gasteiger partial charge in [0.05, 0.1) is 22.3 Å². The smallest absolute Gasteiger partial charge is 0.335 e. The summed E-state index contributed by atoms with van der Waals surface area (Å²) in [6.07, 6.45) is 0. The number of carboxylic acids is 2. The van der Waals surface area contributed by atoms with Crippen molar-refractivity contribution in [2.45, 2.75) is 11.9 Å². The lowest BCUT2D eigenvalue weighted by Gasteiger charge is -2.09. The third-order valence-electron chi connectivity index (χ3n) is 7.47. The molecule has 0 saturated carbocycles. The molecular weight excluding hydrogens is 744 g/mol. The highest BCUT2D eigenvalue weighted by atomic mass is 79.9. The first kappa shape index (κ1) is 39.1. The normalized spacial score (nSPS) is 10.1. The van der Waals surface area contributed by atoms with E-state index in [2.05, 4.69) is 15.9 Å². The van der Waals surface area contributed by atoms with Crippen molar-refractivity contribution in [1.82, 2.24) is 0 Å². The van der Waals surface area contributed by atoms with Crippen molar-refractivity contribution >= 4 is 39.4 Å². The molecule has 53 heavy (non-hydrogen) atoms. The SMILES string of the molecule is O=C(O)c1ccc(CBr)cc1.O=C(O)c1ccc(COc2ccc(C(=O)c3ccccc3)c(O)c2)cc1.O=C(c1ccccc1)c1ccc(O)cc1O. The summed E-state index contributed by atoms with van der Waals surface area (Å²) in [6.45, 7) is 0.214. The number of aromatic carboxylic acids is 2. The number of ether oxygens (including phenoxy) is 1. The Labute approximate surface area is 313 Å². The minimum absolute atomic E-state index is 0.0675. The minimum atomic E-state index is -0.985. The van der Waals surface area contributed by atoms with E-state index in [9.17, 15) is 29.4 Å². The quantitative estimate of drug-likeness (QED) is 0.0669. The number of hydrogen-bond acceptors (Lipinski definition) is 8. The summed E-state index contributed by atoms with van der Waals surface area (Å²) in [7, 11) is 0. The second-order valence-electron chi connectivity index (χ2n) is 11.2. The third-order valence-corrected chi connectivity index (χ3v) is 8.12. The molecule has 5 N–H and O–H groups in total. The van der Waals surface area contributed by atoms with Gasteiger partial charge in [-0.05, 0) is 59.7 Å². The lowest BCUT2D eigenvalue weighted by Crippen LogP contribution is -2.02. The monoisotopic (exact) mass is 776 g/mol. The summed E-state index contributed by atoms with van der Waals surface area (Å²) < 4.78 is 5.59. The maximum Gasteiger partial charge on any atom is 0.335 e. The number of alkyl halides is 1. The van der Waals surface area contributed by atoms with Crippen LogP contribution in [0.5, 0.6) is 23.0 Å². The first-order valence-corrected chi connectivity index (χ1v) is 17.0. The van der Waals surface area contributed by atoms with Gasteiger partial charge in [-0.25, -0.2) is 9.59 Å². The fraction of sp³-hybridized carbons (Fsp3) is 0.0476. The first-order chi connectivity index (χ1) is 25.5. The van der Waals surface area contributed by atoms with Gasteiger partial charge in [0.2, 0.25) is 0 Å². The molecule has 0 spiro atoms. The van der Waals surface area contributed by atoms with Crippen LogP contribution in [0.4, 0.5) is 0 Å². The van der Waals surface area contributed by atoms with Gasteiger partial charge in [0, 0.05) is 28.6 Å². The fourth-order valence-corrected chi connectivity index (χ4v) is 5.02. The van der Waals surface area contributed by atoms with Gasteiger partial charge in [0.15, 0.2) is 11.6 Å². The van der Waals surface area contributed by atoms with Crippen molar-refractivity contribution in [2.24, 2.45) is 0 Å². The number of carboxylic acid groups (broad SMARTS) is 2. The highest BCUT2D eigenvalue weighted by Crippen LogP contribution is 2.27. The number of carbonyl (C=O) groups is 4. The Hall–Kier alpha value is -6.72. The summed E-state index contributed by atoms with van der Waals surface area (Å²) in [5.41, 5.74) is 3.79. The molecule has 0 saturated heterocycles. The molecule has 0 heterocycles. The molecule has 0 radical (unpaired) electrons. The summed E-state index contributed by atoms with van der Waals surface area (Å²) in [6, 6.07) is 38.9. The first-order valence-electron chi connectivity index (χ1n) is 15.8. The number of rotatable bonds is 10. The molecule has 10 nitrogen and oxygen atoms in total. The Bertz CT molecular complexity index is 2170. The summed E-state index contributed by atoms with van der Waals surface area (Å²) >= 11 is 3.27. The van der Waals surface area contributed by atoms with Crippen molar-refractivity contribution < 1.29 is 49.4 Å². The zero-order valence-electron chi connectivity index (χ0n) is 27.9. The van der Waals surface area contributed by atoms with E-state index >= 15 is 0 Å². The Morgan fingerprint density at radius 2 is 0.925 bits per heavy atom. The van der Waals surface area contributed by atoms with Crippen LogP contribution < -0.4 is 4.74 Å². The topological polar surface area (TPSA) is 179 Å². The molecule has 6 rings (SSSR count). The van der Waals surface area contributed by atoms with Gasteiger partial charge in [-0.1, -0.05) is 101 Å². The number of phenolic OH excluding ortho intramolecular Hbond substituents is 3. The van der Waals surface area contributed by atoms with Gasteiger partial charge in [-0.2, -0.15) is 0 Å². The number of phenols is 3. The van der Waals surface area contributed by atoms with Crippen molar-refractivity contribution in [2.75, 3.05) is 0 Å². The largest absolute Gasteiger partial charge is 0.508 e. The highest BCUT2D eigenvalue weighted by molar-refractivity contribution is 9.08. The van der Waals surface area contributed by atoms with Crippen LogP contribution >= 0.6 is 15.9 Å². The maximum atomic E-state index is 12.4. The van der Waals surface area contributed by atoms with Crippen LogP contribution in [0.1, 0.15) is 63.7 Å². The molecule has 0 amide bonds. The Kier molecular flexibility index (Phi) is 14.0. The molecule has 11 heteroatoms. The molecule has 0 aliphatic rings. The molecule has 268 valence electrons.